The van der Waals surface area contributed by atoms with Crippen molar-refractivity contribution < 1.29 is 14.2 Å². The second-order valence-corrected chi connectivity index (χ2v) is 5.06. The fourth-order valence-electron chi connectivity index (χ4n) is 1.96. The fourth-order valence-corrected chi connectivity index (χ4v) is 1.96. The molecule has 4 heteroatoms. The van der Waals surface area contributed by atoms with E-state index < -0.39 is 0 Å². The average molecular weight is 325 g/mol. The standard InChI is InChI=1S/C20H23NO3/c1-2-22-12-13-23-14-15-24-20-5-3-4-18(16-20)7-6-17-8-10-19(21)11-9-17/h3-5,8-11,16H,2,12-15,21H2,1H3. The molecule has 0 bridgehead atoms. The first-order chi connectivity index (χ1) is 11.8. The Hall–Kier alpha value is -2.48. The minimum absolute atomic E-state index is 0.501. The second-order valence-electron chi connectivity index (χ2n) is 5.06. The molecule has 0 fully saturated rings. The summed E-state index contributed by atoms with van der Waals surface area (Å²) in [6.45, 7) is 4.92. The van der Waals surface area contributed by atoms with Gasteiger partial charge in [-0.25, -0.2) is 0 Å². The van der Waals surface area contributed by atoms with E-state index in [1.807, 2.05) is 55.5 Å². The Bertz CT molecular complexity index is 671. The molecule has 0 amide bonds. The third-order valence-corrected chi connectivity index (χ3v) is 3.17. The molecule has 0 saturated heterocycles. The van der Waals surface area contributed by atoms with Crippen LogP contribution in [0.1, 0.15) is 18.1 Å². The summed E-state index contributed by atoms with van der Waals surface area (Å²) in [5, 5.41) is 0. The molecule has 2 rings (SSSR count). The molecule has 24 heavy (non-hydrogen) atoms. The maximum absolute atomic E-state index is 5.67. The van der Waals surface area contributed by atoms with Crippen molar-refractivity contribution in [1.82, 2.24) is 0 Å². The maximum atomic E-state index is 5.67. The summed E-state index contributed by atoms with van der Waals surface area (Å²) in [5.74, 6) is 7.02. The summed E-state index contributed by atoms with van der Waals surface area (Å²) in [6.07, 6.45) is 0. The molecular formula is C20H23NO3. The van der Waals surface area contributed by atoms with Gasteiger partial charge in [0.25, 0.3) is 0 Å². The first kappa shape index (κ1) is 17.9. The van der Waals surface area contributed by atoms with Crippen molar-refractivity contribution in [3.63, 3.8) is 0 Å². The van der Waals surface area contributed by atoms with Gasteiger partial charge in [-0.1, -0.05) is 17.9 Å². The Morgan fingerprint density at radius 3 is 2.33 bits per heavy atom. The Labute approximate surface area is 143 Å². The Morgan fingerprint density at radius 2 is 1.54 bits per heavy atom. The summed E-state index contributed by atoms with van der Waals surface area (Å²) < 4.78 is 16.3. The first-order valence-electron chi connectivity index (χ1n) is 8.04. The lowest BCUT2D eigenvalue weighted by molar-refractivity contribution is 0.0405. The molecule has 2 N–H and O–H groups in total. The third kappa shape index (κ3) is 6.74. The minimum Gasteiger partial charge on any atom is -0.491 e. The van der Waals surface area contributed by atoms with Gasteiger partial charge in [-0.05, 0) is 49.4 Å². The van der Waals surface area contributed by atoms with Gasteiger partial charge in [-0.15, -0.1) is 0 Å². The number of anilines is 1. The summed E-state index contributed by atoms with van der Waals surface area (Å²) in [7, 11) is 0. The van der Waals surface area contributed by atoms with Gasteiger partial charge in [0.15, 0.2) is 0 Å². The Balaban J connectivity index is 1.80. The van der Waals surface area contributed by atoms with Gasteiger partial charge >= 0.3 is 0 Å². The van der Waals surface area contributed by atoms with E-state index in [-0.39, 0.29) is 0 Å². The zero-order valence-electron chi connectivity index (χ0n) is 14.0. The van der Waals surface area contributed by atoms with Crippen molar-refractivity contribution in [2.24, 2.45) is 0 Å². The van der Waals surface area contributed by atoms with E-state index in [2.05, 4.69) is 11.8 Å². The highest BCUT2D eigenvalue weighted by atomic mass is 16.5. The summed E-state index contributed by atoms with van der Waals surface area (Å²) in [4.78, 5) is 0. The molecular weight excluding hydrogens is 302 g/mol. The van der Waals surface area contributed by atoms with Gasteiger partial charge in [0.1, 0.15) is 12.4 Å². The van der Waals surface area contributed by atoms with Crippen molar-refractivity contribution >= 4 is 5.69 Å². The number of hydrogen-bond donors (Lipinski definition) is 1. The second kappa shape index (κ2) is 10.3. The molecule has 4 nitrogen and oxygen atoms in total. The molecule has 0 aliphatic heterocycles. The van der Waals surface area contributed by atoms with Crippen LogP contribution >= 0.6 is 0 Å². The van der Waals surface area contributed by atoms with E-state index in [1.165, 1.54) is 0 Å². The van der Waals surface area contributed by atoms with Crippen LogP contribution in [0.15, 0.2) is 48.5 Å². The van der Waals surface area contributed by atoms with E-state index in [0.717, 1.165) is 22.6 Å². The molecule has 0 aromatic heterocycles. The highest BCUT2D eigenvalue weighted by Crippen LogP contribution is 2.13. The molecule has 126 valence electrons. The molecule has 2 aromatic rings. The predicted octanol–water partition coefficient (Wildman–Crippen LogP) is 3.10. The Morgan fingerprint density at radius 1 is 0.833 bits per heavy atom. The van der Waals surface area contributed by atoms with E-state index in [0.29, 0.717) is 33.0 Å². The van der Waals surface area contributed by atoms with Gasteiger partial charge in [-0.2, -0.15) is 0 Å². The van der Waals surface area contributed by atoms with Gasteiger partial charge in [-0.3, -0.25) is 0 Å². The zero-order valence-corrected chi connectivity index (χ0v) is 14.0. The lowest BCUT2D eigenvalue weighted by atomic mass is 10.1. The van der Waals surface area contributed by atoms with Crippen LogP contribution in [0.25, 0.3) is 0 Å². The zero-order chi connectivity index (χ0) is 17.0. The van der Waals surface area contributed by atoms with Crippen molar-refractivity contribution in [1.29, 1.82) is 0 Å². The fraction of sp³-hybridized carbons (Fsp3) is 0.300. The summed E-state index contributed by atoms with van der Waals surface area (Å²) in [6, 6.07) is 15.2. The smallest absolute Gasteiger partial charge is 0.120 e. The molecule has 0 unspecified atom stereocenters. The molecule has 0 spiro atoms. The molecule has 0 aliphatic carbocycles. The molecule has 0 saturated carbocycles. The third-order valence-electron chi connectivity index (χ3n) is 3.17. The quantitative estimate of drug-likeness (QED) is 0.460. The van der Waals surface area contributed by atoms with E-state index >= 15 is 0 Å². The van der Waals surface area contributed by atoms with Crippen LogP contribution < -0.4 is 10.5 Å². The predicted molar refractivity (Wildman–Crippen MR) is 96.1 cm³/mol. The normalized spacial score (nSPS) is 10.0. The topological polar surface area (TPSA) is 53.7 Å². The van der Waals surface area contributed by atoms with Crippen LogP contribution in [0.2, 0.25) is 0 Å². The first-order valence-corrected chi connectivity index (χ1v) is 8.04. The van der Waals surface area contributed by atoms with Crippen LogP contribution in [0.4, 0.5) is 5.69 Å². The van der Waals surface area contributed by atoms with Gasteiger partial charge in [0.05, 0.1) is 19.8 Å². The number of ether oxygens (including phenoxy) is 3. The Kier molecular flexibility index (Phi) is 7.69. The lowest BCUT2D eigenvalue weighted by Crippen LogP contribution is -2.10. The highest BCUT2D eigenvalue weighted by Gasteiger charge is 1.96. The number of nitrogens with two attached hydrogens (primary N) is 1. The molecule has 0 heterocycles. The monoisotopic (exact) mass is 325 g/mol. The lowest BCUT2D eigenvalue weighted by Gasteiger charge is -2.07. The van der Waals surface area contributed by atoms with E-state index in [9.17, 15) is 0 Å². The largest absolute Gasteiger partial charge is 0.491 e. The van der Waals surface area contributed by atoms with Crippen molar-refractivity contribution in [3.05, 3.63) is 59.7 Å². The van der Waals surface area contributed by atoms with Gasteiger partial charge in [0.2, 0.25) is 0 Å². The molecule has 0 atom stereocenters. The number of benzene rings is 2. The van der Waals surface area contributed by atoms with Crippen LogP contribution in [-0.4, -0.2) is 33.0 Å². The average Bonchev–Trinajstić information content (AvgIpc) is 2.61. The molecule has 0 radical (unpaired) electrons. The van der Waals surface area contributed by atoms with E-state index in [1.54, 1.807) is 0 Å². The van der Waals surface area contributed by atoms with Crippen LogP contribution in [0.3, 0.4) is 0 Å². The van der Waals surface area contributed by atoms with Crippen LogP contribution in [0.5, 0.6) is 5.75 Å². The van der Waals surface area contributed by atoms with Crippen LogP contribution in [-0.2, 0) is 9.47 Å². The van der Waals surface area contributed by atoms with Gasteiger partial charge < -0.3 is 19.9 Å². The minimum atomic E-state index is 0.501. The number of hydrogen-bond acceptors (Lipinski definition) is 4. The highest BCUT2D eigenvalue weighted by molar-refractivity contribution is 5.48. The van der Waals surface area contributed by atoms with Crippen LogP contribution in [0, 0.1) is 11.8 Å². The SMILES string of the molecule is CCOCCOCCOc1cccc(C#Cc2ccc(N)cc2)c1. The van der Waals surface area contributed by atoms with Crippen molar-refractivity contribution in [3.8, 4) is 17.6 Å². The van der Waals surface area contributed by atoms with Gasteiger partial charge in [0, 0.05) is 23.4 Å². The summed E-state index contributed by atoms with van der Waals surface area (Å²) >= 11 is 0. The van der Waals surface area contributed by atoms with E-state index in [4.69, 9.17) is 19.9 Å². The van der Waals surface area contributed by atoms with Crippen molar-refractivity contribution in [2.45, 2.75) is 6.92 Å². The summed E-state index contributed by atoms with van der Waals surface area (Å²) in [5.41, 5.74) is 8.23. The molecule has 2 aromatic carbocycles. The molecule has 0 aliphatic rings. The maximum Gasteiger partial charge on any atom is 0.120 e. The number of nitrogen functional groups attached to an aromatic ring is 1. The number of rotatable bonds is 8. The van der Waals surface area contributed by atoms with Crippen molar-refractivity contribution in [2.75, 3.05) is 38.8 Å².